The molecule has 0 radical (unpaired) electrons. The van der Waals surface area contributed by atoms with E-state index in [-0.39, 0.29) is 39.3 Å². The van der Waals surface area contributed by atoms with E-state index in [2.05, 4.69) is 269 Å². The summed E-state index contributed by atoms with van der Waals surface area (Å²) in [6.45, 7) is 33.4. The molecular formula is C70H72BN3. The van der Waals surface area contributed by atoms with Crippen LogP contribution in [0.15, 0.2) is 158 Å². The molecule has 0 spiro atoms. The highest BCUT2D eigenvalue weighted by Crippen LogP contribution is 2.61. The van der Waals surface area contributed by atoms with Crippen LogP contribution in [0.4, 0.5) is 45.5 Å². The summed E-state index contributed by atoms with van der Waals surface area (Å²) in [6.07, 6.45) is 2.34. The highest BCUT2D eigenvalue weighted by Gasteiger charge is 2.52. The lowest BCUT2D eigenvalue weighted by molar-refractivity contribution is 0.332. The third-order valence-electron chi connectivity index (χ3n) is 18.6. The molecule has 2 aliphatic carbocycles. The SMILES string of the molecule is CC(C)(C)c1ccc(N(c2ccc(C(C)(C)C)cc2)c2cc3c4c(c2)N2c5ccccc5C(C)(C)c5cccc(c52)B4N(c2ccc4c(c2)C(C)(C)CCC4(C)C)c2c-3ccc3c2C(C)(C)c2ccccc2-3)cc1. The van der Waals surface area contributed by atoms with Crippen molar-refractivity contribution in [2.75, 3.05) is 14.6 Å². The maximum Gasteiger partial charge on any atom is 0.333 e. The number of nitrogens with zero attached hydrogens (tertiary/aromatic N) is 3. The van der Waals surface area contributed by atoms with Crippen molar-refractivity contribution in [3.63, 3.8) is 0 Å². The van der Waals surface area contributed by atoms with Crippen LogP contribution in [0.2, 0.25) is 0 Å². The van der Waals surface area contributed by atoms with Crippen molar-refractivity contribution in [1.29, 1.82) is 0 Å². The zero-order valence-electron chi connectivity index (χ0n) is 46.3. The first kappa shape index (κ1) is 47.0. The minimum atomic E-state index is -0.268. The molecule has 0 saturated heterocycles. The molecule has 0 bridgehead atoms. The van der Waals surface area contributed by atoms with Crippen LogP contribution in [0, 0.1) is 0 Å². The second-order valence-corrected chi connectivity index (χ2v) is 26.9. The van der Waals surface area contributed by atoms with Crippen LogP contribution < -0.4 is 25.5 Å². The smallest absolute Gasteiger partial charge is 0.333 e. The summed E-state index contributed by atoms with van der Waals surface area (Å²) in [5.41, 5.74) is 28.6. The van der Waals surface area contributed by atoms with Gasteiger partial charge in [-0.2, -0.15) is 0 Å². The number of anilines is 8. The van der Waals surface area contributed by atoms with Gasteiger partial charge in [0, 0.05) is 56.2 Å². The van der Waals surface area contributed by atoms with Crippen molar-refractivity contribution in [2.45, 2.75) is 142 Å². The summed E-state index contributed by atoms with van der Waals surface area (Å²) in [7, 11) is 0. The van der Waals surface area contributed by atoms with Gasteiger partial charge in [0.15, 0.2) is 0 Å². The molecule has 8 aromatic rings. The third kappa shape index (κ3) is 6.58. The van der Waals surface area contributed by atoms with E-state index in [1.165, 1.54) is 113 Å². The van der Waals surface area contributed by atoms with Gasteiger partial charge in [0.05, 0.1) is 5.69 Å². The second kappa shape index (κ2) is 15.4. The molecule has 8 aromatic carbocycles. The Balaban J connectivity index is 1.17. The Morgan fingerprint density at radius 1 is 0.432 bits per heavy atom. The molecule has 0 amide bonds. The van der Waals surface area contributed by atoms with Gasteiger partial charge in [-0.3, -0.25) is 0 Å². The largest absolute Gasteiger partial charge is 0.376 e. The summed E-state index contributed by atoms with van der Waals surface area (Å²) in [5.74, 6) is 0. The Bertz CT molecular complexity index is 3590. The molecule has 74 heavy (non-hydrogen) atoms. The molecule has 13 rings (SSSR count). The van der Waals surface area contributed by atoms with Crippen LogP contribution in [0.3, 0.4) is 0 Å². The molecule has 4 heteroatoms. The van der Waals surface area contributed by atoms with Crippen LogP contribution in [0.25, 0.3) is 22.3 Å². The monoisotopic (exact) mass is 966 g/mol. The lowest BCUT2D eigenvalue weighted by atomic mass is 9.42. The number of hydrogen-bond donors (Lipinski definition) is 0. The highest BCUT2D eigenvalue weighted by atomic mass is 15.2. The third-order valence-corrected chi connectivity index (χ3v) is 18.6. The summed E-state index contributed by atoms with van der Waals surface area (Å²) in [6, 6.07) is 62.1. The number of hydrogen-bond acceptors (Lipinski definition) is 3. The summed E-state index contributed by atoms with van der Waals surface area (Å²) >= 11 is 0. The minimum absolute atomic E-state index is 0.0243. The minimum Gasteiger partial charge on any atom is -0.376 e. The fraction of sp³-hybridized carbons (Fsp3) is 0.314. The van der Waals surface area contributed by atoms with Crippen LogP contribution in [0.1, 0.15) is 154 Å². The average molecular weight is 966 g/mol. The predicted octanol–water partition coefficient (Wildman–Crippen LogP) is 17.8. The molecule has 3 heterocycles. The van der Waals surface area contributed by atoms with Crippen LogP contribution >= 0.6 is 0 Å². The van der Waals surface area contributed by atoms with Crippen molar-refractivity contribution >= 4 is 63.3 Å². The van der Waals surface area contributed by atoms with E-state index >= 15 is 0 Å². The Hall–Kier alpha value is -6.78. The van der Waals surface area contributed by atoms with Crippen molar-refractivity contribution in [1.82, 2.24) is 0 Å². The van der Waals surface area contributed by atoms with E-state index in [1.807, 2.05) is 0 Å². The van der Waals surface area contributed by atoms with Gasteiger partial charge in [0.2, 0.25) is 0 Å². The maximum absolute atomic E-state index is 2.83. The van der Waals surface area contributed by atoms with Gasteiger partial charge in [0.25, 0.3) is 0 Å². The van der Waals surface area contributed by atoms with Crippen molar-refractivity contribution in [3.8, 4) is 22.3 Å². The zero-order chi connectivity index (χ0) is 51.8. The quantitative estimate of drug-likeness (QED) is 0.163. The normalized spacial score (nSPS) is 17.6. The number of rotatable bonds is 4. The average Bonchev–Trinajstić information content (AvgIpc) is 3.62. The van der Waals surface area contributed by atoms with Crippen molar-refractivity contribution in [2.24, 2.45) is 0 Å². The van der Waals surface area contributed by atoms with Crippen molar-refractivity contribution < 1.29 is 0 Å². The first-order chi connectivity index (χ1) is 35.0. The van der Waals surface area contributed by atoms with Crippen LogP contribution in [-0.4, -0.2) is 6.85 Å². The summed E-state index contributed by atoms with van der Waals surface area (Å²) in [5, 5.41) is 0. The molecule has 3 aliphatic heterocycles. The molecule has 0 N–H and O–H groups in total. The number of para-hydroxylation sites is 2. The van der Waals surface area contributed by atoms with Gasteiger partial charge < -0.3 is 14.6 Å². The van der Waals surface area contributed by atoms with Crippen LogP contribution in [0.5, 0.6) is 0 Å². The predicted molar refractivity (Wildman–Crippen MR) is 317 cm³/mol. The first-order valence-electron chi connectivity index (χ1n) is 27.4. The molecule has 0 aromatic heterocycles. The Kier molecular flexibility index (Phi) is 9.78. The molecule has 0 saturated carbocycles. The fourth-order valence-electron chi connectivity index (χ4n) is 14.2. The maximum atomic E-state index is 2.83. The van der Waals surface area contributed by atoms with E-state index in [0.717, 1.165) is 23.5 Å². The van der Waals surface area contributed by atoms with Gasteiger partial charge in [-0.05, 0) is 161 Å². The van der Waals surface area contributed by atoms with Gasteiger partial charge in [-0.1, -0.05) is 200 Å². The Morgan fingerprint density at radius 3 is 1.66 bits per heavy atom. The van der Waals surface area contributed by atoms with Gasteiger partial charge in [-0.25, -0.2) is 0 Å². The second-order valence-electron chi connectivity index (χ2n) is 26.9. The van der Waals surface area contributed by atoms with E-state index in [1.54, 1.807) is 0 Å². The molecule has 5 aliphatic rings. The standard InChI is InChI=1S/C70H72BN3/c1-65(2,3)43-26-30-45(31-27-43)72(46-32-28-44(29-33-46)66(4,5)6)48-40-52-51-36-35-50-49-20-15-16-21-53(49)70(13,14)61(50)63(51)74(47-34-37-54-57(41-47)68(9,10)39-38-67(54,7)8)71-58-24-19-23-56-64(58)73(60(42-48)62(52)71)59-25-18-17-22-55(59)69(56,11)12/h15-37,40-42H,38-39H2,1-14H3. The van der Waals surface area contributed by atoms with E-state index < -0.39 is 0 Å². The lowest BCUT2D eigenvalue weighted by Crippen LogP contribution is -2.63. The Labute approximate surface area is 442 Å². The topological polar surface area (TPSA) is 9.72 Å². The lowest BCUT2D eigenvalue weighted by Gasteiger charge is -2.51. The van der Waals surface area contributed by atoms with Gasteiger partial charge in [0.1, 0.15) is 0 Å². The van der Waals surface area contributed by atoms with Gasteiger partial charge >= 0.3 is 6.85 Å². The fourth-order valence-corrected chi connectivity index (χ4v) is 14.2. The van der Waals surface area contributed by atoms with Gasteiger partial charge in [-0.15, -0.1) is 0 Å². The molecule has 0 fully saturated rings. The molecule has 0 unspecified atom stereocenters. The molecule has 3 nitrogen and oxygen atoms in total. The van der Waals surface area contributed by atoms with E-state index in [9.17, 15) is 0 Å². The van der Waals surface area contributed by atoms with Crippen molar-refractivity contribution in [3.05, 3.63) is 202 Å². The Morgan fingerprint density at radius 2 is 1.01 bits per heavy atom. The van der Waals surface area contributed by atoms with E-state index in [4.69, 9.17) is 0 Å². The number of fused-ring (bicyclic) bond motifs is 11. The van der Waals surface area contributed by atoms with Crippen LogP contribution in [-0.2, 0) is 32.5 Å². The zero-order valence-corrected chi connectivity index (χ0v) is 46.3. The van der Waals surface area contributed by atoms with E-state index in [0.29, 0.717) is 0 Å². The molecule has 0 atom stereocenters. The summed E-state index contributed by atoms with van der Waals surface area (Å²) in [4.78, 5) is 8.03. The highest BCUT2D eigenvalue weighted by molar-refractivity contribution is 6.93. The molecule has 370 valence electrons. The first-order valence-corrected chi connectivity index (χ1v) is 27.4. The summed E-state index contributed by atoms with van der Waals surface area (Å²) < 4.78 is 0. The number of benzene rings is 8. The molecular weight excluding hydrogens is 894 g/mol.